The molecule has 136 valence electrons. The molecule has 3 rings (SSSR count). The van der Waals surface area contributed by atoms with Crippen LogP contribution in [0.15, 0.2) is 12.1 Å². The van der Waals surface area contributed by atoms with Crippen LogP contribution in [0.3, 0.4) is 0 Å². The number of hydrogen-bond acceptors (Lipinski definition) is 10. The molecule has 6 N–H and O–H groups in total. The maximum absolute atomic E-state index is 12.2. The molecule has 0 aromatic heterocycles. The summed E-state index contributed by atoms with van der Waals surface area (Å²) in [7, 11) is 0. The lowest BCUT2D eigenvalue weighted by Crippen LogP contribution is -2.18. The molecular formula is C16H12O10. The molecule has 0 bridgehead atoms. The Morgan fingerprint density at radius 2 is 0.962 bits per heavy atom. The Morgan fingerprint density at radius 3 is 1.31 bits per heavy atom. The average molecular weight is 364 g/mol. The molecular weight excluding hydrogens is 352 g/mol. The van der Waals surface area contributed by atoms with Crippen molar-refractivity contribution < 1.29 is 49.7 Å². The lowest BCUT2D eigenvalue weighted by molar-refractivity contribution is 0.0263. The van der Waals surface area contributed by atoms with Gasteiger partial charge in [-0.2, -0.15) is 0 Å². The molecule has 10 nitrogen and oxygen atoms in total. The highest BCUT2D eigenvalue weighted by atomic mass is 16.6. The van der Waals surface area contributed by atoms with Crippen LogP contribution in [-0.4, -0.2) is 55.8 Å². The van der Waals surface area contributed by atoms with Crippen molar-refractivity contribution in [3.63, 3.8) is 0 Å². The molecule has 0 radical (unpaired) electrons. The summed E-state index contributed by atoms with van der Waals surface area (Å²) in [6.45, 7) is -0.699. The van der Waals surface area contributed by atoms with Gasteiger partial charge in [-0.1, -0.05) is 0 Å². The number of benzene rings is 2. The summed E-state index contributed by atoms with van der Waals surface area (Å²) in [4.78, 5) is 24.5. The van der Waals surface area contributed by atoms with E-state index in [1.807, 2.05) is 0 Å². The fourth-order valence-electron chi connectivity index (χ4n) is 2.54. The molecule has 0 saturated heterocycles. The molecule has 0 saturated carbocycles. The van der Waals surface area contributed by atoms with Crippen molar-refractivity contribution in [2.45, 2.75) is 0 Å². The standard InChI is InChI=1S/C16H12O10/c17-7-3-5-9(13(21)11(7)19)10-6(4-8(18)12(20)14(10)22)16(24)26-2-1-25-15(5)23/h3-4,17-22H,1-2H2. The van der Waals surface area contributed by atoms with Crippen LogP contribution < -0.4 is 0 Å². The number of esters is 2. The zero-order valence-electron chi connectivity index (χ0n) is 12.9. The van der Waals surface area contributed by atoms with Crippen molar-refractivity contribution >= 4 is 11.9 Å². The smallest absolute Gasteiger partial charge is 0.339 e. The first-order valence-electron chi connectivity index (χ1n) is 7.14. The normalized spacial score (nSPS) is 14.0. The third-order valence-electron chi connectivity index (χ3n) is 3.75. The van der Waals surface area contributed by atoms with Gasteiger partial charge in [0.2, 0.25) is 11.5 Å². The second-order valence-electron chi connectivity index (χ2n) is 5.30. The van der Waals surface area contributed by atoms with Gasteiger partial charge in [0.1, 0.15) is 13.2 Å². The van der Waals surface area contributed by atoms with Gasteiger partial charge in [-0.3, -0.25) is 0 Å². The summed E-state index contributed by atoms with van der Waals surface area (Å²) in [5, 5.41) is 59.3. The predicted octanol–water partition coefficient (Wildman–Crippen LogP) is 0.914. The third kappa shape index (κ3) is 2.44. The fourth-order valence-corrected chi connectivity index (χ4v) is 2.54. The van der Waals surface area contributed by atoms with Crippen LogP contribution in [-0.2, 0) is 9.47 Å². The van der Waals surface area contributed by atoms with E-state index in [4.69, 9.17) is 9.47 Å². The van der Waals surface area contributed by atoms with E-state index in [0.717, 1.165) is 12.1 Å². The summed E-state index contributed by atoms with van der Waals surface area (Å²) in [6, 6.07) is 1.51. The number of fused-ring (bicyclic) bond motifs is 3. The van der Waals surface area contributed by atoms with Crippen LogP contribution in [0.2, 0.25) is 0 Å². The van der Waals surface area contributed by atoms with Crippen molar-refractivity contribution in [2.75, 3.05) is 13.2 Å². The number of ether oxygens (including phenoxy) is 2. The van der Waals surface area contributed by atoms with E-state index in [0.29, 0.717) is 0 Å². The quantitative estimate of drug-likeness (QED) is 0.291. The summed E-state index contributed by atoms with van der Waals surface area (Å²) < 4.78 is 9.68. The summed E-state index contributed by atoms with van der Waals surface area (Å²) in [5.74, 6) is -8.06. The monoisotopic (exact) mass is 364 g/mol. The van der Waals surface area contributed by atoms with E-state index >= 15 is 0 Å². The first kappa shape index (κ1) is 17.0. The lowest BCUT2D eigenvalue weighted by atomic mass is 9.92. The maximum Gasteiger partial charge on any atom is 0.339 e. The predicted molar refractivity (Wildman–Crippen MR) is 82.4 cm³/mol. The van der Waals surface area contributed by atoms with Gasteiger partial charge in [0.05, 0.1) is 11.1 Å². The molecule has 0 spiro atoms. The molecule has 0 atom stereocenters. The topological polar surface area (TPSA) is 174 Å². The van der Waals surface area contributed by atoms with Crippen LogP contribution in [0, 0.1) is 0 Å². The van der Waals surface area contributed by atoms with Crippen LogP contribution in [0.5, 0.6) is 34.5 Å². The summed E-state index contributed by atoms with van der Waals surface area (Å²) in [5.41, 5.74) is -2.22. The van der Waals surface area contributed by atoms with Gasteiger partial charge in [0, 0.05) is 11.1 Å². The first-order valence-corrected chi connectivity index (χ1v) is 7.14. The zero-order chi connectivity index (χ0) is 19.2. The maximum atomic E-state index is 12.2. The summed E-state index contributed by atoms with van der Waals surface area (Å²) >= 11 is 0. The second-order valence-corrected chi connectivity index (χ2v) is 5.30. The van der Waals surface area contributed by atoms with Gasteiger partial charge in [-0.05, 0) is 12.1 Å². The molecule has 26 heavy (non-hydrogen) atoms. The Bertz CT molecular complexity index is 870. The van der Waals surface area contributed by atoms with Gasteiger partial charge in [-0.15, -0.1) is 0 Å². The zero-order valence-corrected chi connectivity index (χ0v) is 12.9. The third-order valence-corrected chi connectivity index (χ3v) is 3.75. The number of aromatic hydroxyl groups is 6. The van der Waals surface area contributed by atoms with Crippen LogP contribution in [0.4, 0.5) is 0 Å². The van der Waals surface area contributed by atoms with E-state index in [-0.39, 0.29) is 13.2 Å². The number of carbonyl (C=O) groups excluding carboxylic acids is 2. The van der Waals surface area contributed by atoms with Crippen LogP contribution >= 0.6 is 0 Å². The Balaban J connectivity index is 2.50. The van der Waals surface area contributed by atoms with E-state index in [9.17, 15) is 40.2 Å². The highest BCUT2D eigenvalue weighted by Gasteiger charge is 2.32. The average Bonchev–Trinajstić information content (AvgIpc) is 2.60. The van der Waals surface area contributed by atoms with Gasteiger partial charge in [-0.25, -0.2) is 9.59 Å². The minimum Gasteiger partial charge on any atom is -0.504 e. The van der Waals surface area contributed by atoms with E-state index in [1.165, 1.54) is 0 Å². The van der Waals surface area contributed by atoms with Gasteiger partial charge in [0.25, 0.3) is 0 Å². The van der Waals surface area contributed by atoms with Crippen molar-refractivity contribution in [1.82, 2.24) is 0 Å². The molecule has 2 aromatic carbocycles. The van der Waals surface area contributed by atoms with E-state index in [1.54, 1.807) is 0 Å². The highest BCUT2D eigenvalue weighted by Crippen LogP contribution is 2.52. The largest absolute Gasteiger partial charge is 0.504 e. The number of phenolic OH excluding ortho intramolecular Hbond substituents is 6. The fraction of sp³-hybridized carbons (Fsp3) is 0.125. The highest BCUT2D eigenvalue weighted by molar-refractivity contribution is 6.08. The second kappa shape index (κ2) is 5.92. The van der Waals surface area contributed by atoms with E-state index in [2.05, 4.69) is 0 Å². The molecule has 0 fully saturated rings. The molecule has 2 aromatic rings. The summed E-state index contributed by atoms with van der Waals surface area (Å²) in [6.07, 6.45) is 0. The number of carbonyl (C=O) groups is 2. The van der Waals surface area contributed by atoms with Crippen molar-refractivity contribution in [3.05, 3.63) is 23.3 Å². The molecule has 0 unspecified atom stereocenters. The minimum atomic E-state index is -1.07. The lowest BCUT2D eigenvalue weighted by Gasteiger charge is -2.19. The van der Waals surface area contributed by atoms with Crippen molar-refractivity contribution in [1.29, 1.82) is 0 Å². The number of hydrogen-bond donors (Lipinski definition) is 6. The Labute approximate surface area is 144 Å². The molecule has 1 heterocycles. The Kier molecular flexibility index (Phi) is 3.87. The molecule has 1 aliphatic heterocycles. The molecule has 10 heteroatoms. The SMILES string of the molecule is O=C1OCCOC(=O)c2cc(O)c(O)c(O)c2-c2c1cc(O)c(O)c2O. The van der Waals surface area contributed by atoms with Crippen LogP contribution in [0.1, 0.15) is 20.7 Å². The van der Waals surface area contributed by atoms with Gasteiger partial charge in [0.15, 0.2) is 23.0 Å². The molecule has 1 aliphatic rings. The van der Waals surface area contributed by atoms with Crippen molar-refractivity contribution in [3.8, 4) is 45.6 Å². The van der Waals surface area contributed by atoms with Gasteiger partial charge < -0.3 is 40.1 Å². The number of rotatable bonds is 0. The van der Waals surface area contributed by atoms with E-state index < -0.39 is 68.7 Å². The first-order chi connectivity index (χ1) is 12.2. The Morgan fingerprint density at radius 1 is 0.615 bits per heavy atom. The molecule has 0 amide bonds. The molecule has 0 aliphatic carbocycles. The van der Waals surface area contributed by atoms with Crippen molar-refractivity contribution in [2.24, 2.45) is 0 Å². The minimum absolute atomic E-state index is 0.349. The number of cyclic esters (lactones) is 2. The van der Waals surface area contributed by atoms with Crippen LogP contribution in [0.25, 0.3) is 11.1 Å². The van der Waals surface area contributed by atoms with Gasteiger partial charge >= 0.3 is 11.9 Å². The number of phenols is 6. The Hall–Kier alpha value is -3.82.